The Labute approximate surface area is 136 Å². The van der Waals surface area contributed by atoms with Gasteiger partial charge < -0.3 is 19.8 Å². The second-order valence-electron chi connectivity index (χ2n) is 7.57. The second kappa shape index (κ2) is 5.41. The number of hydrogen-bond donors (Lipinski definition) is 1. The number of imidazole rings is 1. The van der Waals surface area contributed by atoms with E-state index in [1.807, 2.05) is 6.07 Å². The highest BCUT2D eigenvalue weighted by atomic mass is 16.7. The molecule has 5 nitrogen and oxygen atoms in total. The molecule has 0 saturated heterocycles. The fourth-order valence-corrected chi connectivity index (χ4v) is 3.78. The largest absolute Gasteiger partial charge is 0.454 e. The molecule has 4 rings (SSSR count). The highest BCUT2D eigenvalue weighted by Gasteiger charge is 2.26. The molecule has 1 aliphatic heterocycles. The zero-order chi connectivity index (χ0) is 16.0. The van der Waals surface area contributed by atoms with E-state index in [2.05, 4.69) is 24.5 Å². The van der Waals surface area contributed by atoms with Gasteiger partial charge in [0.1, 0.15) is 5.82 Å². The summed E-state index contributed by atoms with van der Waals surface area (Å²) in [5.41, 5.74) is 8.13. The van der Waals surface area contributed by atoms with Crippen LogP contribution in [0.25, 0.3) is 11.0 Å². The summed E-state index contributed by atoms with van der Waals surface area (Å²) in [7, 11) is 0. The quantitative estimate of drug-likeness (QED) is 0.941. The van der Waals surface area contributed by atoms with Crippen molar-refractivity contribution in [2.75, 3.05) is 6.79 Å². The first-order chi connectivity index (χ1) is 11.0. The van der Waals surface area contributed by atoms with Crippen LogP contribution in [-0.4, -0.2) is 21.9 Å². The van der Waals surface area contributed by atoms with E-state index < -0.39 is 0 Å². The van der Waals surface area contributed by atoms with Crippen LogP contribution in [0, 0.1) is 0 Å². The second-order valence-corrected chi connectivity index (χ2v) is 7.57. The van der Waals surface area contributed by atoms with Crippen LogP contribution < -0.4 is 15.2 Å². The Kier molecular flexibility index (Phi) is 3.48. The molecule has 124 valence electrons. The Balaban J connectivity index is 1.84. The maximum atomic E-state index is 6.32. The zero-order valence-electron chi connectivity index (χ0n) is 14.0. The summed E-state index contributed by atoms with van der Waals surface area (Å²) in [5.74, 6) is 3.32. The molecule has 23 heavy (non-hydrogen) atoms. The van der Waals surface area contributed by atoms with Crippen LogP contribution in [0.15, 0.2) is 12.1 Å². The van der Waals surface area contributed by atoms with Crippen molar-refractivity contribution >= 4 is 11.0 Å². The predicted molar refractivity (Wildman–Crippen MR) is 89.9 cm³/mol. The molecule has 1 saturated carbocycles. The number of ether oxygens (including phenoxy) is 2. The Hall–Kier alpha value is -1.75. The Morgan fingerprint density at radius 2 is 1.87 bits per heavy atom. The molecule has 1 aromatic carbocycles. The maximum Gasteiger partial charge on any atom is 0.231 e. The molecule has 2 aliphatic rings. The topological polar surface area (TPSA) is 62.3 Å². The van der Waals surface area contributed by atoms with Gasteiger partial charge in [-0.2, -0.15) is 0 Å². The summed E-state index contributed by atoms with van der Waals surface area (Å²) in [6.07, 6.45) is 6.38. The first-order valence-electron chi connectivity index (χ1n) is 8.60. The molecule has 0 radical (unpaired) electrons. The van der Waals surface area contributed by atoms with Gasteiger partial charge in [0.25, 0.3) is 0 Å². The van der Waals surface area contributed by atoms with Gasteiger partial charge in [-0.3, -0.25) is 0 Å². The van der Waals surface area contributed by atoms with Gasteiger partial charge in [-0.05, 0) is 26.7 Å². The number of benzene rings is 1. The standard InChI is InChI=1S/C18H25N3O2/c1-18(2,19)10-21-14-9-16-15(22-11-23-16)8-13(14)20-17(21)12-6-4-3-5-7-12/h8-9,12H,3-7,10-11,19H2,1-2H3. The van der Waals surface area contributed by atoms with Crippen LogP contribution in [0.4, 0.5) is 0 Å². The molecule has 0 bridgehead atoms. The van der Waals surface area contributed by atoms with Gasteiger partial charge in [0, 0.05) is 30.1 Å². The first kappa shape index (κ1) is 14.8. The van der Waals surface area contributed by atoms with Gasteiger partial charge in [-0.1, -0.05) is 19.3 Å². The summed E-state index contributed by atoms with van der Waals surface area (Å²) in [6, 6.07) is 4.06. The van der Waals surface area contributed by atoms with Crippen molar-refractivity contribution in [3.63, 3.8) is 0 Å². The van der Waals surface area contributed by atoms with Crippen LogP contribution in [0.5, 0.6) is 11.5 Å². The third-order valence-electron chi connectivity index (χ3n) is 4.81. The Bertz CT molecular complexity index is 724. The number of fused-ring (bicyclic) bond motifs is 2. The summed E-state index contributed by atoms with van der Waals surface area (Å²) in [6.45, 7) is 5.18. The fraction of sp³-hybridized carbons (Fsp3) is 0.611. The normalized spacial score (nSPS) is 18.7. The number of hydrogen-bond acceptors (Lipinski definition) is 4. The summed E-state index contributed by atoms with van der Waals surface area (Å²) in [5, 5.41) is 0. The van der Waals surface area contributed by atoms with Crippen molar-refractivity contribution < 1.29 is 9.47 Å². The molecule has 0 amide bonds. The van der Waals surface area contributed by atoms with Crippen molar-refractivity contribution in [1.29, 1.82) is 0 Å². The SMILES string of the molecule is CC(C)(N)Cn1c(C2CCCCC2)nc2cc3c(cc21)OCO3. The van der Waals surface area contributed by atoms with E-state index in [0.29, 0.717) is 12.7 Å². The van der Waals surface area contributed by atoms with E-state index in [-0.39, 0.29) is 5.54 Å². The molecule has 1 fully saturated rings. The van der Waals surface area contributed by atoms with E-state index in [9.17, 15) is 0 Å². The number of aromatic nitrogens is 2. The monoisotopic (exact) mass is 315 g/mol. The minimum atomic E-state index is -0.284. The molecule has 0 spiro atoms. The molecule has 2 heterocycles. The third-order valence-corrected chi connectivity index (χ3v) is 4.81. The van der Waals surface area contributed by atoms with Gasteiger partial charge in [0.2, 0.25) is 6.79 Å². The highest BCUT2D eigenvalue weighted by molar-refractivity contribution is 5.81. The lowest BCUT2D eigenvalue weighted by molar-refractivity contribution is 0.174. The van der Waals surface area contributed by atoms with E-state index in [0.717, 1.165) is 29.1 Å². The van der Waals surface area contributed by atoms with Crippen LogP contribution in [0.3, 0.4) is 0 Å². The van der Waals surface area contributed by atoms with E-state index in [1.165, 1.54) is 37.9 Å². The lowest BCUT2D eigenvalue weighted by Gasteiger charge is -2.26. The van der Waals surface area contributed by atoms with Crippen molar-refractivity contribution in [2.24, 2.45) is 5.73 Å². The number of rotatable bonds is 3. The summed E-state index contributed by atoms with van der Waals surface area (Å²) < 4.78 is 13.4. The van der Waals surface area contributed by atoms with Crippen molar-refractivity contribution in [1.82, 2.24) is 9.55 Å². The smallest absolute Gasteiger partial charge is 0.231 e. The molecule has 5 heteroatoms. The van der Waals surface area contributed by atoms with Gasteiger partial charge in [-0.25, -0.2) is 4.98 Å². The average Bonchev–Trinajstić information content (AvgIpc) is 3.09. The van der Waals surface area contributed by atoms with Crippen LogP contribution in [0.1, 0.15) is 57.7 Å². The Morgan fingerprint density at radius 3 is 2.57 bits per heavy atom. The van der Waals surface area contributed by atoms with E-state index >= 15 is 0 Å². The number of nitrogens with zero attached hydrogens (tertiary/aromatic N) is 2. The van der Waals surface area contributed by atoms with Gasteiger partial charge in [0.15, 0.2) is 11.5 Å². The van der Waals surface area contributed by atoms with Gasteiger partial charge in [0.05, 0.1) is 11.0 Å². The minimum absolute atomic E-state index is 0.284. The van der Waals surface area contributed by atoms with Crippen LogP contribution in [0.2, 0.25) is 0 Å². The molecule has 2 N–H and O–H groups in total. The molecular formula is C18H25N3O2. The zero-order valence-corrected chi connectivity index (χ0v) is 14.0. The molecule has 0 atom stereocenters. The minimum Gasteiger partial charge on any atom is -0.454 e. The lowest BCUT2D eigenvalue weighted by Crippen LogP contribution is -2.37. The molecule has 1 aliphatic carbocycles. The first-order valence-corrected chi connectivity index (χ1v) is 8.60. The highest BCUT2D eigenvalue weighted by Crippen LogP contribution is 2.39. The van der Waals surface area contributed by atoms with E-state index in [4.69, 9.17) is 20.2 Å². The van der Waals surface area contributed by atoms with Crippen molar-refractivity contribution in [3.8, 4) is 11.5 Å². The van der Waals surface area contributed by atoms with E-state index in [1.54, 1.807) is 0 Å². The summed E-state index contributed by atoms with van der Waals surface area (Å²) >= 11 is 0. The lowest BCUT2D eigenvalue weighted by atomic mass is 9.88. The molecule has 0 unspecified atom stereocenters. The van der Waals surface area contributed by atoms with Crippen molar-refractivity contribution in [3.05, 3.63) is 18.0 Å². The predicted octanol–water partition coefficient (Wildman–Crippen LogP) is 3.55. The van der Waals surface area contributed by atoms with Crippen LogP contribution >= 0.6 is 0 Å². The maximum absolute atomic E-state index is 6.32. The summed E-state index contributed by atoms with van der Waals surface area (Å²) in [4.78, 5) is 4.97. The molecule has 2 aromatic rings. The fourth-order valence-electron chi connectivity index (χ4n) is 3.78. The van der Waals surface area contributed by atoms with Gasteiger partial charge >= 0.3 is 0 Å². The number of nitrogens with two attached hydrogens (primary N) is 1. The van der Waals surface area contributed by atoms with Gasteiger partial charge in [-0.15, -0.1) is 0 Å². The Morgan fingerprint density at radius 1 is 1.17 bits per heavy atom. The molecule has 1 aromatic heterocycles. The third kappa shape index (κ3) is 2.78. The molecular weight excluding hydrogens is 290 g/mol. The average molecular weight is 315 g/mol. The van der Waals surface area contributed by atoms with Crippen molar-refractivity contribution in [2.45, 2.75) is 64.0 Å². The van der Waals surface area contributed by atoms with Crippen LogP contribution in [-0.2, 0) is 6.54 Å².